The number of rotatable bonds is 1. The third kappa shape index (κ3) is 6.94. The SMILES string of the molecule is Cc1ccccc1C(C)(C)P.OP(O)O. The van der Waals surface area contributed by atoms with Crippen molar-refractivity contribution in [2.45, 2.75) is 25.9 Å². The van der Waals surface area contributed by atoms with Crippen molar-refractivity contribution in [1.82, 2.24) is 0 Å². The first-order valence-corrected chi connectivity index (χ1v) is 6.24. The first-order chi connectivity index (χ1) is 6.75. The lowest BCUT2D eigenvalue weighted by molar-refractivity contribution is 0.368. The average Bonchev–Trinajstić information content (AvgIpc) is 2.01. The Bertz CT molecular complexity index is 292. The molecule has 1 aromatic rings. The van der Waals surface area contributed by atoms with Gasteiger partial charge < -0.3 is 14.7 Å². The van der Waals surface area contributed by atoms with Crippen molar-refractivity contribution < 1.29 is 14.7 Å². The molecule has 0 aliphatic rings. The summed E-state index contributed by atoms with van der Waals surface area (Å²) in [5.74, 6) is 0. The first kappa shape index (κ1) is 15.0. The van der Waals surface area contributed by atoms with E-state index in [4.69, 9.17) is 14.7 Å². The second kappa shape index (κ2) is 6.52. The van der Waals surface area contributed by atoms with Crippen molar-refractivity contribution in [3.63, 3.8) is 0 Å². The lowest BCUT2D eigenvalue weighted by Crippen LogP contribution is -2.08. The molecule has 86 valence electrons. The number of benzene rings is 1. The second-order valence-corrected chi connectivity index (χ2v) is 5.78. The summed E-state index contributed by atoms with van der Waals surface area (Å²) in [5, 5.41) is 0.200. The highest BCUT2D eigenvalue weighted by Gasteiger charge is 2.14. The van der Waals surface area contributed by atoms with Gasteiger partial charge in [0.15, 0.2) is 0 Å². The highest BCUT2D eigenvalue weighted by molar-refractivity contribution is 7.38. The van der Waals surface area contributed by atoms with Crippen LogP contribution in [0.1, 0.15) is 25.0 Å². The van der Waals surface area contributed by atoms with Gasteiger partial charge in [-0.1, -0.05) is 38.1 Å². The van der Waals surface area contributed by atoms with E-state index in [1.165, 1.54) is 11.1 Å². The molecule has 3 nitrogen and oxygen atoms in total. The van der Waals surface area contributed by atoms with Crippen LogP contribution in [0.5, 0.6) is 0 Å². The minimum atomic E-state index is -2.62. The number of hydrogen-bond donors (Lipinski definition) is 3. The van der Waals surface area contributed by atoms with Gasteiger partial charge in [0.1, 0.15) is 0 Å². The van der Waals surface area contributed by atoms with Gasteiger partial charge in [0.05, 0.1) is 0 Å². The number of aryl methyl sites for hydroxylation is 1. The summed E-state index contributed by atoms with van der Waals surface area (Å²) >= 11 is 0. The number of hydrogen-bond acceptors (Lipinski definition) is 3. The minimum absolute atomic E-state index is 0.200. The van der Waals surface area contributed by atoms with Gasteiger partial charge in [0.25, 0.3) is 0 Å². The van der Waals surface area contributed by atoms with Crippen molar-refractivity contribution >= 4 is 17.8 Å². The van der Waals surface area contributed by atoms with Crippen LogP contribution in [-0.4, -0.2) is 14.7 Å². The van der Waals surface area contributed by atoms with E-state index in [0.29, 0.717) is 0 Å². The van der Waals surface area contributed by atoms with E-state index in [2.05, 4.69) is 54.3 Å². The molecule has 1 rings (SSSR count). The van der Waals surface area contributed by atoms with Crippen LogP contribution in [0.3, 0.4) is 0 Å². The summed E-state index contributed by atoms with van der Waals surface area (Å²) in [4.78, 5) is 21.7. The van der Waals surface area contributed by atoms with Crippen molar-refractivity contribution in [2.75, 3.05) is 0 Å². The molecule has 0 heterocycles. The monoisotopic (exact) mass is 248 g/mol. The Hall–Kier alpha value is -0.0400. The van der Waals surface area contributed by atoms with Crippen molar-refractivity contribution in [1.29, 1.82) is 0 Å². The largest absolute Gasteiger partial charge is 0.328 e. The normalized spacial score (nSPS) is 10.9. The maximum Gasteiger partial charge on any atom is 0.324 e. The average molecular weight is 248 g/mol. The van der Waals surface area contributed by atoms with E-state index in [9.17, 15) is 0 Å². The van der Waals surface area contributed by atoms with Gasteiger partial charge in [-0.15, -0.1) is 9.24 Å². The summed E-state index contributed by atoms with van der Waals surface area (Å²) in [5.41, 5.74) is 2.78. The van der Waals surface area contributed by atoms with E-state index < -0.39 is 8.60 Å². The Kier molecular flexibility index (Phi) is 6.51. The molecule has 1 unspecified atom stereocenters. The van der Waals surface area contributed by atoms with E-state index in [0.717, 1.165) is 0 Å². The smallest absolute Gasteiger partial charge is 0.324 e. The summed E-state index contributed by atoms with van der Waals surface area (Å²) < 4.78 is 0. The van der Waals surface area contributed by atoms with E-state index >= 15 is 0 Å². The van der Waals surface area contributed by atoms with E-state index in [1.807, 2.05) is 0 Å². The van der Waals surface area contributed by atoms with Gasteiger partial charge in [-0.3, -0.25) is 0 Å². The minimum Gasteiger partial charge on any atom is -0.328 e. The molecule has 0 aromatic heterocycles. The highest BCUT2D eigenvalue weighted by Crippen LogP contribution is 2.31. The standard InChI is InChI=1S/C10H15P.H3O3P/c1-8-6-4-5-7-9(8)10(2,3)11;1-4(2)3/h4-7H,11H2,1-3H3;1-3H. The molecule has 0 saturated carbocycles. The predicted molar refractivity (Wildman–Crippen MR) is 67.5 cm³/mol. The second-order valence-electron chi connectivity index (χ2n) is 3.80. The van der Waals surface area contributed by atoms with Crippen molar-refractivity contribution in [3.05, 3.63) is 35.4 Å². The zero-order chi connectivity index (χ0) is 12.1. The third-order valence-electron chi connectivity index (χ3n) is 1.84. The molecular formula is C10H18O3P2. The Morgan fingerprint density at radius 1 is 1.13 bits per heavy atom. The molecule has 0 bridgehead atoms. The lowest BCUT2D eigenvalue weighted by Gasteiger charge is -2.20. The van der Waals surface area contributed by atoms with Crippen LogP contribution >= 0.6 is 17.8 Å². The van der Waals surface area contributed by atoms with Crippen LogP contribution in [0.25, 0.3) is 0 Å². The molecule has 1 atom stereocenters. The molecule has 0 radical (unpaired) electrons. The topological polar surface area (TPSA) is 60.7 Å². The summed E-state index contributed by atoms with van der Waals surface area (Å²) in [7, 11) is 0.244. The van der Waals surface area contributed by atoms with Gasteiger partial charge in [-0.25, -0.2) is 0 Å². The molecule has 0 aliphatic carbocycles. The van der Waals surface area contributed by atoms with Crippen LogP contribution in [0.2, 0.25) is 0 Å². The fourth-order valence-corrected chi connectivity index (χ4v) is 1.62. The third-order valence-corrected chi connectivity index (χ3v) is 2.15. The van der Waals surface area contributed by atoms with Crippen LogP contribution in [0.4, 0.5) is 0 Å². The molecule has 15 heavy (non-hydrogen) atoms. The van der Waals surface area contributed by atoms with Crippen LogP contribution in [0, 0.1) is 6.92 Å². The summed E-state index contributed by atoms with van der Waals surface area (Å²) in [6, 6.07) is 8.51. The fourth-order valence-electron chi connectivity index (χ4n) is 1.30. The quantitative estimate of drug-likeness (QED) is 0.668. The Balaban J connectivity index is 0.000000423. The molecule has 5 heteroatoms. The molecule has 0 aliphatic heterocycles. The molecule has 1 aromatic carbocycles. The Morgan fingerprint density at radius 3 is 1.80 bits per heavy atom. The van der Waals surface area contributed by atoms with Crippen LogP contribution < -0.4 is 0 Å². The van der Waals surface area contributed by atoms with Gasteiger partial charge >= 0.3 is 8.60 Å². The molecule has 0 saturated heterocycles. The van der Waals surface area contributed by atoms with Crippen LogP contribution in [0.15, 0.2) is 24.3 Å². The molecule has 0 fully saturated rings. The summed E-state index contributed by atoms with van der Waals surface area (Å²) in [6.07, 6.45) is 0. The molecular weight excluding hydrogens is 230 g/mol. The van der Waals surface area contributed by atoms with Gasteiger partial charge in [-0.2, -0.15) is 0 Å². The molecule has 3 N–H and O–H groups in total. The van der Waals surface area contributed by atoms with Crippen molar-refractivity contribution in [2.24, 2.45) is 0 Å². The van der Waals surface area contributed by atoms with E-state index in [1.54, 1.807) is 0 Å². The zero-order valence-corrected chi connectivity index (χ0v) is 11.2. The lowest BCUT2D eigenvalue weighted by atomic mass is 9.97. The predicted octanol–water partition coefficient (Wildman–Crippen LogP) is 2.30. The van der Waals surface area contributed by atoms with E-state index in [-0.39, 0.29) is 5.16 Å². The highest BCUT2D eigenvalue weighted by atomic mass is 31.2. The van der Waals surface area contributed by atoms with Crippen molar-refractivity contribution in [3.8, 4) is 0 Å². The van der Waals surface area contributed by atoms with Gasteiger partial charge in [0, 0.05) is 5.16 Å². The summed E-state index contributed by atoms with van der Waals surface area (Å²) in [6.45, 7) is 6.57. The molecule has 0 spiro atoms. The molecule has 0 amide bonds. The first-order valence-electron chi connectivity index (χ1n) is 4.47. The Labute approximate surface area is 94.4 Å². The Morgan fingerprint density at radius 2 is 1.53 bits per heavy atom. The fraction of sp³-hybridized carbons (Fsp3) is 0.400. The van der Waals surface area contributed by atoms with Gasteiger partial charge in [-0.05, 0) is 18.1 Å². The maximum absolute atomic E-state index is 7.23. The van der Waals surface area contributed by atoms with Gasteiger partial charge in [0.2, 0.25) is 0 Å². The zero-order valence-electron chi connectivity index (χ0n) is 9.18. The van der Waals surface area contributed by atoms with Crippen LogP contribution in [-0.2, 0) is 5.16 Å². The maximum atomic E-state index is 7.23.